The van der Waals surface area contributed by atoms with Crippen LogP contribution in [-0.4, -0.2) is 43.9 Å². The second kappa shape index (κ2) is 6.23. The van der Waals surface area contributed by atoms with E-state index >= 15 is 0 Å². The van der Waals surface area contributed by atoms with Crippen LogP contribution in [0, 0.1) is 0 Å². The lowest BCUT2D eigenvalue weighted by molar-refractivity contribution is -0.0494. The molecule has 0 aliphatic carbocycles. The minimum Gasteiger partial charge on any atom is -0.390 e. The molecule has 0 saturated heterocycles. The van der Waals surface area contributed by atoms with Crippen molar-refractivity contribution in [3.8, 4) is 0 Å². The Kier molecular flexibility index (Phi) is 6.11. The first kappa shape index (κ1) is 12.7. The zero-order chi connectivity index (χ0) is 10.3. The van der Waals surface area contributed by atoms with Gasteiger partial charge < -0.3 is 15.2 Å². The fourth-order valence-corrected chi connectivity index (χ4v) is 0.776. The quantitative estimate of drug-likeness (QED) is 0.629. The monoisotopic (exact) mass is 197 g/mol. The van der Waals surface area contributed by atoms with Crippen LogP contribution in [0.5, 0.6) is 0 Å². The van der Waals surface area contributed by atoms with Crippen LogP contribution in [0.1, 0.15) is 13.3 Å². The van der Waals surface area contributed by atoms with Crippen molar-refractivity contribution >= 4 is 0 Å². The van der Waals surface area contributed by atoms with Crippen molar-refractivity contribution in [1.29, 1.82) is 0 Å². The summed E-state index contributed by atoms with van der Waals surface area (Å²) in [5.74, 6) is -3.03. The maximum absolute atomic E-state index is 12.5. The minimum atomic E-state index is -3.03. The van der Waals surface area contributed by atoms with Crippen LogP contribution in [0.25, 0.3) is 0 Å². The molecule has 0 amide bonds. The lowest BCUT2D eigenvalue weighted by Gasteiger charge is -2.18. The predicted molar refractivity (Wildman–Crippen MR) is 46.0 cm³/mol. The molecule has 5 heteroatoms. The van der Waals surface area contributed by atoms with Gasteiger partial charge in [-0.15, -0.1) is 0 Å². The fraction of sp³-hybridized carbons (Fsp3) is 1.00. The van der Waals surface area contributed by atoms with Crippen molar-refractivity contribution in [2.45, 2.75) is 25.3 Å². The second-order valence-electron chi connectivity index (χ2n) is 3.08. The molecule has 0 spiro atoms. The van der Waals surface area contributed by atoms with Crippen molar-refractivity contribution < 1.29 is 18.6 Å². The Hall–Kier alpha value is -0.260. The highest BCUT2D eigenvalue weighted by atomic mass is 19.3. The Balaban J connectivity index is 3.51. The number of halogens is 2. The summed E-state index contributed by atoms with van der Waals surface area (Å²) in [6, 6.07) is -0.0302. The maximum Gasteiger partial charge on any atom is 0.282 e. The number of ether oxygens (including phenoxy) is 1. The molecular weight excluding hydrogens is 180 g/mol. The average Bonchev–Trinajstić information content (AvgIpc) is 2.11. The zero-order valence-electron chi connectivity index (χ0n) is 8.02. The van der Waals surface area contributed by atoms with Crippen LogP contribution in [0.15, 0.2) is 0 Å². The van der Waals surface area contributed by atoms with Gasteiger partial charge in [0.2, 0.25) is 0 Å². The highest BCUT2D eigenvalue weighted by Gasteiger charge is 2.27. The molecule has 0 aromatic rings. The average molecular weight is 197 g/mol. The Labute approximate surface area is 77.1 Å². The van der Waals surface area contributed by atoms with Gasteiger partial charge in [0.05, 0.1) is 6.54 Å². The summed E-state index contributed by atoms with van der Waals surface area (Å²) in [6.07, 6.45) is 0.679. The van der Waals surface area contributed by atoms with Crippen molar-refractivity contribution in [2.24, 2.45) is 0 Å². The topological polar surface area (TPSA) is 41.5 Å². The second-order valence-corrected chi connectivity index (χ2v) is 3.08. The Morgan fingerprint density at radius 2 is 2.15 bits per heavy atom. The van der Waals surface area contributed by atoms with Gasteiger partial charge in [-0.1, -0.05) is 0 Å². The smallest absolute Gasteiger partial charge is 0.282 e. The summed E-state index contributed by atoms with van der Waals surface area (Å²) in [5, 5.41) is 10.9. The van der Waals surface area contributed by atoms with Gasteiger partial charge >= 0.3 is 0 Å². The van der Waals surface area contributed by atoms with Crippen LogP contribution in [0.2, 0.25) is 0 Å². The van der Waals surface area contributed by atoms with E-state index in [0.29, 0.717) is 13.0 Å². The molecular formula is C8H17F2NO2. The molecule has 80 valence electrons. The standard InChI is InChI=1S/C8H17F2NO2/c1-7(3-4-13-2)11-5-8(9,10)6-12/h7,11-12H,3-6H2,1-2H3. The number of hydrogen-bond acceptors (Lipinski definition) is 3. The van der Waals surface area contributed by atoms with E-state index in [9.17, 15) is 8.78 Å². The number of nitrogens with one attached hydrogen (secondary N) is 1. The normalized spacial score (nSPS) is 14.5. The van der Waals surface area contributed by atoms with Crippen molar-refractivity contribution in [3.05, 3.63) is 0 Å². The molecule has 1 unspecified atom stereocenters. The molecule has 0 fully saturated rings. The number of aliphatic hydroxyl groups excluding tert-OH is 1. The van der Waals surface area contributed by atoms with Gasteiger partial charge in [-0.3, -0.25) is 0 Å². The van der Waals surface area contributed by atoms with Crippen molar-refractivity contribution in [3.63, 3.8) is 0 Å². The van der Waals surface area contributed by atoms with E-state index in [2.05, 4.69) is 5.32 Å². The van der Waals surface area contributed by atoms with Gasteiger partial charge in [-0.2, -0.15) is 0 Å². The van der Waals surface area contributed by atoms with Gasteiger partial charge in [-0.25, -0.2) is 8.78 Å². The van der Waals surface area contributed by atoms with Gasteiger partial charge in [0.1, 0.15) is 6.61 Å². The molecule has 0 rings (SSSR count). The number of rotatable bonds is 7. The van der Waals surface area contributed by atoms with Gasteiger partial charge in [0.15, 0.2) is 0 Å². The van der Waals surface area contributed by atoms with Crippen molar-refractivity contribution in [1.82, 2.24) is 5.32 Å². The Bertz CT molecular complexity index is 133. The molecule has 3 nitrogen and oxygen atoms in total. The van der Waals surface area contributed by atoms with E-state index in [1.807, 2.05) is 0 Å². The number of hydrogen-bond donors (Lipinski definition) is 2. The lowest BCUT2D eigenvalue weighted by atomic mass is 10.2. The Morgan fingerprint density at radius 3 is 2.62 bits per heavy atom. The Morgan fingerprint density at radius 1 is 1.54 bits per heavy atom. The molecule has 1 atom stereocenters. The molecule has 2 N–H and O–H groups in total. The molecule has 0 aliphatic heterocycles. The molecule has 0 heterocycles. The fourth-order valence-electron chi connectivity index (χ4n) is 0.776. The molecule has 0 saturated carbocycles. The number of alkyl halides is 2. The first-order valence-electron chi connectivity index (χ1n) is 4.23. The largest absolute Gasteiger partial charge is 0.390 e. The molecule has 0 aliphatic rings. The lowest BCUT2D eigenvalue weighted by Crippen LogP contribution is -2.40. The summed E-state index contributed by atoms with van der Waals surface area (Å²) in [4.78, 5) is 0. The predicted octanol–water partition coefficient (Wildman–Crippen LogP) is 0.629. The first-order valence-corrected chi connectivity index (χ1v) is 4.23. The summed E-state index contributed by atoms with van der Waals surface area (Å²) in [7, 11) is 1.56. The van der Waals surface area contributed by atoms with E-state index in [1.165, 1.54) is 0 Å². The number of methoxy groups -OCH3 is 1. The van der Waals surface area contributed by atoms with E-state index < -0.39 is 19.1 Å². The van der Waals surface area contributed by atoms with E-state index in [1.54, 1.807) is 14.0 Å². The summed E-state index contributed by atoms with van der Waals surface area (Å²) in [5.41, 5.74) is 0. The third-order valence-electron chi connectivity index (χ3n) is 1.70. The summed E-state index contributed by atoms with van der Waals surface area (Å²) < 4.78 is 29.8. The van der Waals surface area contributed by atoms with Crippen LogP contribution >= 0.6 is 0 Å². The first-order chi connectivity index (χ1) is 6.02. The highest BCUT2D eigenvalue weighted by molar-refractivity contribution is 4.70. The third-order valence-corrected chi connectivity index (χ3v) is 1.70. The van der Waals surface area contributed by atoms with E-state index in [0.717, 1.165) is 0 Å². The van der Waals surface area contributed by atoms with Gasteiger partial charge in [0, 0.05) is 19.8 Å². The highest BCUT2D eigenvalue weighted by Crippen LogP contribution is 2.10. The third kappa shape index (κ3) is 6.86. The minimum absolute atomic E-state index is 0.0302. The van der Waals surface area contributed by atoms with E-state index in [4.69, 9.17) is 9.84 Å². The summed E-state index contributed by atoms with van der Waals surface area (Å²) >= 11 is 0. The van der Waals surface area contributed by atoms with Crippen LogP contribution in [0.4, 0.5) is 8.78 Å². The molecule has 13 heavy (non-hydrogen) atoms. The maximum atomic E-state index is 12.5. The van der Waals surface area contributed by atoms with Gasteiger partial charge in [0.25, 0.3) is 5.92 Å². The molecule has 0 radical (unpaired) electrons. The van der Waals surface area contributed by atoms with Crippen LogP contribution < -0.4 is 5.32 Å². The number of aliphatic hydroxyl groups is 1. The summed E-state index contributed by atoms with van der Waals surface area (Å²) in [6.45, 7) is 0.733. The molecule has 0 aromatic carbocycles. The van der Waals surface area contributed by atoms with E-state index in [-0.39, 0.29) is 6.04 Å². The SMILES string of the molecule is COCCC(C)NCC(F)(F)CO. The van der Waals surface area contributed by atoms with Crippen LogP contribution in [-0.2, 0) is 4.74 Å². The molecule has 0 bridgehead atoms. The van der Waals surface area contributed by atoms with Gasteiger partial charge in [-0.05, 0) is 13.3 Å². The van der Waals surface area contributed by atoms with Crippen molar-refractivity contribution in [2.75, 3.05) is 26.9 Å². The molecule has 0 aromatic heterocycles. The zero-order valence-corrected chi connectivity index (χ0v) is 8.02. The van der Waals surface area contributed by atoms with Crippen LogP contribution in [0.3, 0.4) is 0 Å².